The molecule has 0 fully saturated rings. The minimum atomic E-state index is -1.04. The third-order valence-corrected chi connectivity index (χ3v) is 4.80. The molecule has 4 rings (SSSR count). The minimum Gasteiger partial charge on any atom is -0.504 e. The van der Waals surface area contributed by atoms with Crippen molar-refractivity contribution in [1.29, 1.82) is 0 Å². The summed E-state index contributed by atoms with van der Waals surface area (Å²) in [6, 6.07) is 17.9. The van der Waals surface area contributed by atoms with Crippen LogP contribution in [0.1, 0.15) is 21.7 Å². The van der Waals surface area contributed by atoms with Crippen molar-refractivity contribution in [3.63, 3.8) is 0 Å². The highest BCUT2D eigenvalue weighted by atomic mass is 16.5. The number of rotatable bonds is 5. The van der Waals surface area contributed by atoms with E-state index in [0.717, 1.165) is 5.56 Å². The van der Waals surface area contributed by atoms with Crippen LogP contribution in [0.3, 0.4) is 0 Å². The molecule has 0 atom stereocenters. The zero-order chi connectivity index (χ0) is 22.0. The lowest BCUT2D eigenvalue weighted by Crippen LogP contribution is -2.22. The van der Waals surface area contributed by atoms with E-state index >= 15 is 0 Å². The maximum Gasteiger partial charge on any atom is 0.335 e. The number of phenolic OH excluding ortho intramolecular Hbond substituents is 1. The van der Waals surface area contributed by atoms with Crippen LogP contribution in [0.5, 0.6) is 11.5 Å². The Morgan fingerprint density at radius 1 is 1.03 bits per heavy atom. The molecule has 7 nitrogen and oxygen atoms in total. The topological polar surface area (TPSA) is 102 Å². The first-order chi connectivity index (χ1) is 15.0. The average Bonchev–Trinajstić information content (AvgIpc) is 2.78. The average molecular weight is 414 g/mol. The molecule has 0 aliphatic rings. The molecule has 154 valence electrons. The molecule has 4 aromatic rings. The molecule has 31 heavy (non-hydrogen) atoms. The van der Waals surface area contributed by atoms with Crippen LogP contribution in [0, 0.1) is 0 Å². The molecule has 0 aliphatic carbocycles. The second-order valence-electron chi connectivity index (χ2n) is 6.74. The van der Waals surface area contributed by atoms with Crippen molar-refractivity contribution in [1.82, 2.24) is 9.55 Å². The smallest absolute Gasteiger partial charge is 0.335 e. The molecule has 0 amide bonds. The molecule has 2 N–H and O–H groups in total. The normalized spacial score (nSPS) is 11.1. The SMILES string of the molecule is COc1cc(C=Cc2nc3ccccc3c(=O)n2-c2ccc(C(=O)O)cc2)ccc1O. The van der Waals surface area contributed by atoms with E-state index in [0.29, 0.717) is 28.2 Å². The van der Waals surface area contributed by atoms with Crippen molar-refractivity contribution in [3.8, 4) is 17.2 Å². The van der Waals surface area contributed by atoms with Gasteiger partial charge in [0, 0.05) is 0 Å². The van der Waals surface area contributed by atoms with Crippen LogP contribution < -0.4 is 10.3 Å². The largest absolute Gasteiger partial charge is 0.504 e. The molecular weight excluding hydrogens is 396 g/mol. The standard InChI is InChI=1S/C24H18N2O5/c1-31-21-14-15(6-12-20(21)27)7-13-22-25-19-5-3-2-4-18(19)23(28)26(22)17-10-8-16(9-11-17)24(29)30/h2-14,27H,1H3,(H,29,30). The van der Waals surface area contributed by atoms with E-state index in [2.05, 4.69) is 4.98 Å². The highest BCUT2D eigenvalue weighted by Crippen LogP contribution is 2.27. The van der Waals surface area contributed by atoms with Crippen LogP contribution in [0.15, 0.2) is 71.5 Å². The van der Waals surface area contributed by atoms with Crippen molar-refractivity contribution >= 4 is 29.0 Å². The predicted octanol–water partition coefficient (Wildman–Crippen LogP) is 3.97. The van der Waals surface area contributed by atoms with Crippen LogP contribution in [0.25, 0.3) is 28.7 Å². The highest BCUT2D eigenvalue weighted by Gasteiger charge is 2.12. The third-order valence-electron chi connectivity index (χ3n) is 4.80. The summed E-state index contributed by atoms with van der Waals surface area (Å²) in [7, 11) is 1.46. The van der Waals surface area contributed by atoms with Gasteiger partial charge in [0.05, 0.1) is 29.3 Å². The lowest BCUT2D eigenvalue weighted by atomic mass is 10.1. The van der Waals surface area contributed by atoms with Crippen LogP contribution in [-0.2, 0) is 0 Å². The number of aromatic nitrogens is 2. The number of benzene rings is 3. The zero-order valence-electron chi connectivity index (χ0n) is 16.5. The van der Waals surface area contributed by atoms with Crippen LogP contribution in [-0.4, -0.2) is 32.8 Å². The lowest BCUT2D eigenvalue weighted by Gasteiger charge is -2.12. The number of fused-ring (bicyclic) bond motifs is 1. The minimum absolute atomic E-state index is 0.0268. The number of methoxy groups -OCH3 is 1. The van der Waals surface area contributed by atoms with E-state index in [1.807, 2.05) is 0 Å². The first-order valence-electron chi connectivity index (χ1n) is 9.38. The van der Waals surface area contributed by atoms with E-state index in [9.17, 15) is 14.7 Å². The number of hydrogen-bond acceptors (Lipinski definition) is 5. The van der Waals surface area contributed by atoms with Gasteiger partial charge in [-0.15, -0.1) is 0 Å². The number of hydrogen-bond donors (Lipinski definition) is 2. The first-order valence-corrected chi connectivity index (χ1v) is 9.38. The summed E-state index contributed by atoms with van der Waals surface area (Å²) in [6.45, 7) is 0. The van der Waals surface area contributed by atoms with Crippen molar-refractivity contribution < 1.29 is 19.7 Å². The van der Waals surface area contributed by atoms with Crippen LogP contribution in [0.2, 0.25) is 0 Å². The lowest BCUT2D eigenvalue weighted by molar-refractivity contribution is 0.0697. The van der Waals surface area contributed by atoms with Crippen molar-refractivity contribution in [2.24, 2.45) is 0 Å². The zero-order valence-corrected chi connectivity index (χ0v) is 16.5. The van der Waals surface area contributed by atoms with E-state index in [1.165, 1.54) is 29.9 Å². The third kappa shape index (κ3) is 3.89. The summed E-state index contributed by atoms with van der Waals surface area (Å²) in [4.78, 5) is 29.0. The van der Waals surface area contributed by atoms with Crippen LogP contribution >= 0.6 is 0 Å². The summed E-state index contributed by atoms with van der Waals surface area (Å²) in [5.41, 5.74) is 1.64. The number of carboxylic acid groups (broad SMARTS) is 1. The van der Waals surface area contributed by atoms with Crippen molar-refractivity contribution in [3.05, 3.63) is 94.0 Å². The first kappa shape index (κ1) is 19.9. The second kappa shape index (κ2) is 8.16. The van der Waals surface area contributed by atoms with Gasteiger partial charge in [-0.25, -0.2) is 9.78 Å². The molecule has 0 saturated heterocycles. The number of carbonyl (C=O) groups is 1. The fourth-order valence-electron chi connectivity index (χ4n) is 3.23. The number of ether oxygens (including phenoxy) is 1. The molecule has 0 spiro atoms. The molecule has 0 radical (unpaired) electrons. The Labute approximate surface area is 177 Å². The van der Waals surface area contributed by atoms with Crippen molar-refractivity contribution in [2.45, 2.75) is 0 Å². The second-order valence-corrected chi connectivity index (χ2v) is 6.74. The number of nitrogens with zero attached hydrogens (tertiary/aromatic N) is 2. The number of aromatic hydroxyl groups is 1. The Hall–Kier alpha value is -4.39. The summed E-state index contributed by atoms with van der Waals surface area (Å²) in [6.07, 6.45) is 3.44. The van der Waals surface area contributed by atoms with Gasteiger partial charge in [-0.05, 0) is 60.2 Å². The highest BCUT2D eigenvalue weighted by molar-refractivity contribution is 5.88. The van der Waals surface area contributed by atoms with Gasteiger partial charge in [-0.3, -0.25) is 9.36 Å². The van der Waals surface area contributed by atoms with Gasteiger partial charge < -0.3 is 14.9 Å². The monoisotopic (exact) mass is 414 g/mol. The maximum atomic E-state index is 13.2. The summed E-state index contributed by atoms with van der Waals surface area (Å²) in [5.74, 6) is -0.315. The summed E-state index contributed by atoms with van der Waals surface area (Å²) >= 11 is 0. The molecule has 0 saturated carbocycles. The predicted molar refractivity (Wildman–Crippen MR) is 118 cm³/mol. The molecule has 0 unspecified atom stereocenters. The number of para-hydroxylation sites is 1. The van der Waals surface area contributed by atoms with E-state index in [4.69, 9.17) is 9.84 Å². The van der Waals surface area contributed by atoms with E-state index in [-0.39, 0.29) is 16.9 Å². The number of carboxylic acids is 1. The van der Waals surface area contributed by atoms with Gasteiger partial charge >= 0.3 is 5.97 Å². The fourth-order valence-corrected chi connectivity index (χ4v) is 3.23. The molecule has 3 aromatic carbocycles. The summed E-state index contributed by atoms with van der Waals surface area (Å²) in [5, 5.41) is 19.4. The Kier molecular flexibility index (Phi) is 5.24. The van der Waals surface area contributed by atoms with Gasteiger partial charge in [0.15, 0.2) is 11.5 Å². The molecule has 7 heteroatoms. The van der Waals surface area contributed by atoms with Gasteiger partial charge in [-0.1, -0.05) is 24.3 Å². The van der Waals surface area contributed by atoms with Gasteiger partial charge in [-0.2, -0.15) is 0 Å². The summed E-state index contributed by atoms with van der Waals surface area (Å²) < 4.78 is 6.57. The van der Waals surface area contributed by atoms with E-state index < -0.39 is 5.97 Å². The Morgan fingerprint density at radius 2 is 1.77 bits per heavy atom. The number of phenols is 1. The van der Waals surface area contributed by atoms with Gasteiger partial charge in [0.2, 0.25) is 0 Å². The van der Waals surface area contributed by atoms with Crippen molar-refractivity contribution in [2.75, 3.05) is 7.11 Å². The molecule has 1 heterocycles. The molecule has 1 aromatic heterocycles. The molecule has 0 aliphatic heterocycles. The fraction of sp³-hybridized carbons (Fsp3) is 0.0417. The van der Waals surface area contributed by atoms with Crippen LogP contribution in [0.4, 0.5) is 0 Å². The molecular formula is C24H18N2O5. The Morgan fingerprint density at radius 3 is 2.48 bits per heavy atom. The van der Waals surface area contributed by atoms with Gasteiger partial charge in [0.25, 0.3) is 5.56 Å². The molecule has 0 bridgehead atoms. The quantitative estimate of drug-likeness (QED) is 0.512. The Bertz CT molecular complexity index is 1370. The number of aromatic carboxylic acids is 1. The maximum absolute atomic E-state index is 13.2. The Balaban J connectivity index is 1.88. The van der Waals surface area contributed by atoms with E-state index in [1.54, 1.807) is 60.7 Å². The van der Waals surface area contributed by atoms with Gasteiger partial charge in [0.1, 0.15) is 5.82 Å².